The van der Waals surface area contributed by atoms with E-state index in [2.05, 4.69) is 10.3 Å². The van der Waals surface area contributed by atoms with Crippen molar-refractivity contribution < 1.29 is 15.0 Å². The topological polar surface area (TPSA) is 88.2 Å². The van der Waals surface area contributed by atoms with Crippen molar-refractivity contribution in [2.24, 2.45) is 5.92 Å². The van der Waals surface area contributed by atoms with Crippen LogP contribution < -0.4 is 0 Å². The number of carbonyl (C=O) groups is 1. The van der Waals surface area contributed by atoms with Crippen molar-refractivity contribution in [1.82, 2.24) is 15.0 Å². The van der Waals surface area contributed by atoms with E-state index in [-0.39, 0.29) is 12.5 Å². The highest BCUT2D eigenvalue weighted by atomic mass is 16.4. The van der Waals surface area contributed by atoms with Gasteiger partial charge in [-0.3, -0.25) is 4.79 Å². The molecule has 3 rings (SSSR count). The van der Waals surface area contributed by atoms with E-state index in [9.17, 15) is 15.0 Å². The average Bonchev–Trinajstić information content (AvgIpc) is 3.08. The van der Waals surface area contributed by atoms with Gasteiger partial charge in [0.1, 0.15) is 5.52 Å². The monoisotopic (exact) mass is 367 g/mol. The molecule has 0 aliphatic heterocycles. The standard InChI is InChI=1S/C21H25N3O3/c1-5-24-18-9-8-17(13(3)20(18)22-23-24)19(14(4)21(26)27)15-7-6-12(2)16(10-15)11-25/h6-10,14,19,25H,5,11H2,1-4H3,(H,26,27)/t14-,19+/m0/s1. The molecule has 0 fully saturated rings. The van der Waals surface area contributed by atoms with Gasteiger partial charge in [0.15, 0.2) is 0 Å². The summed E-state index contributed by atoms with van der Waals surface area (Å²) in [5.41, 5.74) is 6.29. The first-order chi connectivity index (χ1) is 12.9. The lowest BCUT2D eigenvalue weighted by atomic mass is 9.79. The maximum absolute atomic E-state index is 11.9. The van der Waals surface area contributed by atoms with Crippen LogP contribution >= 0.6 is 0 Å². The number of aliphatic hydroxyl groups is 1. The predicted molar refractivity (Wildman–Crippen MR) is 104 cm³/mol. The molecule has 0 bridgehead atoms. The molecule has 3 aromatic rings. The van der Waals surface area contributed by atoms with Gasteiger partial charge in [-0.1, -0.05) is 36.4 Å². The molecule has 27 heavy (non-hydrogen) atoms. The van der Waals surface area contributed by atoms with Gasteiger partial charge in [0, 0.05) is 12.5 Å². The summed E-state index contributed by atoms with van der Waals surface area (Å²) >= 11 is 0. The van der Waals surface area contributed by atoms with Gasteiger partial charge in [-0.25, -0.2) is 4.68 Å². The van der Waals surface area contributed by atoms with E-state index in [0.29, 0.717) is 0 Å². The molecule has 2 N–H and O–H groups in total. The number of aliphatic carboxylic acids is 1. The van der Waals surface area contributed by atoms with Crippen LogP contribution in [0.3, 0.4) is 0 Å². The van der Waals surface area contributed by atoms with Crippen LogP contribution in [0.1, 0.15) is 47.6 Å². The number of carboxylic acid groups (broad SMARTS) is 1. The molecule has 0 unspecified atom stereocenters. The third-order valence-electron chi connectivity index (χ3n) is 5.41. The second-order valence-corrected chi connectivity index (χ2v) is 7.00. The lowest BCUT2D eigenvalue weighted by Crippen LogP contribution is -2.21. The molecule has 0 spiro atoms. The summed E-state index contributed by atoms with van der Waals surface area (Å²) in [4.78, 5) is 11.9. The number of fused-ring (bicyclic) bond motifs is 1. The van der Waals surface area contributed by atoms with Crippen molar-refractivity contribution in [3.63, 3.8) is 0 Å². The number of nitrogens with zero attached hydrogens (tertiary/aromatic N) is 3. The van der Waals surface area contributed by atoms with Crippen molar-refractivity contribution in [3.05, 3.63) is 58.1 Å². The van der Waals surface area contributed by atoms with Gasteiger partial charge in [-0.2, -0.15) is 0 Å². The van der Waals surface area contributed by atoms with E-state index in [1.54, 1.807) is 6.92 Å². The lowest BCUT2D eigenvalue weighted by molar-refractivity contribution is -0.141. The summed E-state index contributed by atoms with van der Waals surface area (Å²) in [6.45, 7) is 8.28. The summed E-state index contributed by atoms with van der Waals surface area (Å²) < 4.78 is 1.83. The lowest BCUT2D eigenvalue weighted by Gasteiger charge is -2.25. The summed E-state index contributed by atoms with van der Waals surface area (Å²) in [7, 11) is 0. The molecule has 2 aromatic carbocycles. The summed E-state index contributed by atoms with van der Waals surface area (Å²) in [6, 6.07) is 9.74. The number of hydrogen-bond donors (Lipinski definition) is 2. The zero-order valence-electron chi connectivity index (χ0n) is 16.1. The van der Waals surface area contributed by atoms with Crippen LogP contribution in [0.15, 0.2) is 30.3 Å². The number of rotatable bonds is 6. The Morgan fingerprint density at radius 2 is 1.96 bits per heavy atom. The van der Waals surface area contributed by atoms with E-state index < -0.39 is 11.9 Å². The smallest absolute Gasteiger partial charge is 0.307 e. The Kier molecular flexibility index (Phi) is 5.28. The molecular formula is C21H25N3O3. The van der Waals surface area contributed by atoms with E-state index in [0.717, 1.165) is 45.4 Å². The van der Waals surface area contributed by atoms with E-state index >= 15 is 0 Å². The minimum Gasteiger partial charge on any atom is -0.481 e. The number of hydrogen-bond acceptors (Lipinski definition) is 4. The zero-order chi connectivity index (χ0) is 19.7. The van der Waals surface area contributed by atoms with Crippen LogP contribution in [0.5, 0.6) is 0 Å². The molecule has 2 atom stereocenters. The fourth-order valence-electron chi connectivity index (χ4n) is 3.69. The highest BCUT2D eigenvalue weighted by Crippen LogP contribution is 2.37. The molecular weight excluding hydrogens is 342 g/mol. The molecule has 0 saturated heterocycles. The molecule has 0 amide bonds. The van der Waals surface area contributed by atoms with Crippen molar-refractivity contribution in [2.75, 3.05) is 0 Å². The molecule has 0 aliphatic rings. The quantitative estimate of drug-likeness (QED) is 0.697. The largest absolute Gasteiger partial charge is 0.481 e. The van der Waals surface area contributed by atoms with Gasteiger partial charge in [0.2, 0.25) is 0 Å². The first-order valence-corrected chi connectivity index (χ1v) is 9.14. The zero-order valence-corrected chi connectivity index (χ0v) is 16.1. The van der Waals surface area contributed by atoms with Gasteiger partial charge in [-0.05, 0) is 54.7 Å². The third kappa shape index (κ3) is 3.32. The van der Waals surface area contributed by atoms with E-state index in [1.165, 1.54) is 0 Å². The van der Waals surface area contributed by atoms with Crippen LogP contribution in [-0.2, 0) is 17.9 Å². The average molecular weight is 367 g/mol. The second kappa shape index (κ2) is 7.48. The number of carboxylic acids is 1. The molecule has 0 saturated carbocycles. The fraction of sp³-hybridized carbons (Fsp3) is 0.381. The van der Waals surface area contributed by atoms with Crippen LogP contribution in [-0.4, -0.2) is 31.2 Å². The number of aryl methyl sites for hydroxylation is 3. The van der Waals surface area contributed by atoms with Gasteiger partial charge >= 0.3 is 5.97 Å². The second-order valence-electron chi connectivity index (χ2n) is 7.00. The normalized spacial score (nSPS) is 13.7. The first kappa shape index (κ1) is 19.0. The van der Waals surface area contributed by atoms with E-state index in [1.807, 2.05) is 55.8 Å². The molecule has 0 radical (unpaired) electrons. The number of aromatic nitrogens is 3. The van der Waals surface area contributed by atoms with Crippen LogP contribution in [0.4, 0.5) is 0 Å². The van der Waals surface area contributed by atoms with E-state index in [4.69, 9.17) is 0 Å². The van der Waals surface area contributed by atoms with Crippen molar-refractivity contribution in [2.45, 2.75) is 46.8 Å². The van der Waals surface area contributed by atoms with Gasteiger partial charge in [0.05, 0.1) is 18.0 Å². The third-order valence-corrected chi connectivity index (χ3v) is 5.41. The maximum Gasteiger partial charge on any atom is 0.307 e. The maximum atomic E-state index is 11.9. The summed E-state index contributed by atoms with van der Waals surface area (Å²) in [5, 5.41) is 27.8. The molecule has 142 valence electrons. The van der Waals surface area contributed by atoms with Crippen molar-refractivity contribution in [3.8, 4) is 0 Å². The van der Waals surface area contributed by atoms with Crippen LogP contribution in [0.25, 0.3) is 11.0 Å². The molecule has 1 aromatic heterocycles. The van der Waals surface area contributed by atoms with Crippen molar-refractivity contribution in [1.29, 1.82) is 0 Å². The highest BCUT2D eigenvalue weighted by molar-refractivity contribution is 5.80. The van der Waals surface area contributed by atoms with Gasteiger partial charge < -0.3 is 10.2 Å². The minimum absolute atomic E-state index is 0.0727. The minimum atomic E-state index is -0.858. The Morgan fingerprint density at radius 1 is 1.22 bits per heavy atom. The Labute approximate surface area is 158 Å². The fourth-order valence-corrected chi connectivity index (χ4v) is 3.69. The molecule has 0 aliphatic carbocycles. The Bertz CT molecular complexity index is 994. The highest BCUT2D eigenvalue weighted by Gasteiger charge is 2.29. The number of aliphatic hydroxyl groups excluding tert-OH is 1. The van der Waals surface area contributed by atoms with Gasteiger partial charge in [0.25, 0.3) is 0 Å². The summed E-state index contributed by atoms with van der Waals surface area (Å²) in [5.74, 6) is -1.83. The molecule has 6 heteroatoms. The predicted octanol–water partition coefficient (Wildman–Crippen LogP) is 3.41. The molecule has 6 nitrogen and oxygen atoms in total. The SMILES string of the molecule is CCn1nnc2c(C)c([C@@H](c3ccc(C)c(CO)c3)[C@H](C)C(=O)O)ccc21. The Morgan fingerprint density at radius 3 is 2.59 bits per heavy atom. The Balaban J connectivity index is 2.21. The van der Waals surface area contributed by atoms with Gasteiger partial charge in [-0.15, -0.1) is 5.10 Å². The summed E-state index contributed by atoms with van der Waals surface area (Å²) in [6.07, 6.45) is 0. The first-order valence-electron chi connectivity index (χ1n) is 9.14. The van der Waals surface area contributed by atoms with Crippen LogP contribution in [0, 0.1) is 19.8 Å². The van der Waals surface area contributed by atoms with Crippen LogP contribution in [0.2, 0.25) is 0 Å². The Hall–Kier alpha value is -2.73. The molecule has 1 heterocycles. The van der Waals surface area contributed by atoms with Crippen molar-refractivity contribution >= 4 is 17.0 Å². The number of benzene rings is 2.